The summed E-state index contributed by atoms with van der Waals surface area (Å²) in [7, 11) is 1.63. The first-order valence-electron chi connectivity index (χ1n) is 6.70. The zero-order valence-corrected chi connectivity index (χ0v) is 11.5. The number of anilines is 1. The van der Waals surface area contributed by atoms with Gasteiger partial charge in [-0.2, -0.15) is 0 Å². The van der Waals surface area contributed by atoms with Crippen LogP contribution >= 0.6 is 0 Å². The van der Waals surface area contributed by atoms with Gasteiger partial charge in [0, 0.05) is 25.1 Å². The van der Waals surface area contributed by atoms with Crippen molar-refractivity contribution in [2.75, 3.05) is 12.4 Å². The lowest BCUT2D eigenvalue weighted by atomic mass is 10.3. The van der Waals surface area contributed by atoms with E-state index in [1.807, 2.05) is 6.07 Å². The van der Waals surface area contributed by atoms with Crippen molar-refractivity contribution < 1.29 is 13.7 Å². The fourth-order valence-corrected chi connectivity index (χ4v) is 1.98. The van der Waals surface area contributed by atoms with Crippen LogP contribution in [0.15, 0.2) is 29.0 Å². The Balaban J connectivity index is 1.58. The summed E-state index contributed by atoms with van der Waals surface area (Å²) in [5, 5.41) is 6.52. The van der Waals surface area contributed by atoms with Crippen LogP contribution in [0.5, 0.6) is 0 Å². The summed E-state index contributed by atoms with van der Waals surface area (Å²) < 4.78 is 18.2. The van der Waals surface area contributed by atoms with E-state index < -0.39 is 5.82 Å². The Hall–Kier alpha value is -2.44. The second-order valence-electron chi connectivity index (χ2n) is 5.17. The molecule has 0 aromatic carbocycles. The molecule has 110 valence electrons. The molecule has 7 heteroatoms. The largest absolute Gasteiger partial charge is 0.361 e. The van der Waals surface area contributed by atoms with Crippen LogP contribution in [0, 0.1) is 5.82 Å². The molecule has 0 atom stereocenters. The summed E-state index contributed by atoms with van der Waals surface area (Å²) in [5.74, 6) is 0.873. The zero-order valence-electron chi connectivity index (χ0n) is 11.5. The van der Waals surface area contributed by atoms with Gasteiger partial charge in [0.1, 0.15) is 17.3 Å². The van der Waals surface area contributed by atoms with Crippen LogP contribution in [0.1, 0.15) is 30.2 Å². The Bertz CT molecular complexity index is 654. The topological polar surface area (TPSA) is 71.3 Å². The molecule has 3 rings (SSSR count). The Morgan fingerprint density at radius 2 is 2.29 bits per heavy atom. The van der Waals surface area contributed by atoms with Crippen LogP contribution in [0.4, 0.5) is 14.9 Å². The van der Waals surface area contributed by atoms with Gasteiger partial charge in [-0.05, 0) is 12.8 Å². The highest BCUT2D eigenvalue weighted by Gasteiger charge is 2.28. The summed E-state index contributed by atoms with van der Waals surface area (Å²) in [6.07, 6.45) is 4.74. The van der Waals surface area contributed by atoms with Crippen molar-refractivity contribution in [2.45, 2.75) is 25.3 Å². The van der Waals surface area contributed by atoms with Gasteiger partial charge in [0.05, 0.1) is 24.6 Å². The number of hydrogen-bond donors (Lipinski definition) is 1. The molecule has 0 saturated heterocycles. The average Bonchev–Trinajstić information content (AvgIpc) is 3.19. The van der Waals surface area contributed by atoms with Gasteiger partial charge in [-0.3, -0.25) is 4.98 Å². The average molecular weight is 290 g/mol. The molecule has 2 aromatic rings. The summed E-state index contributed by atoms with van der Waals surface area (Å²) in [4.78, 5) is 17.1. The fraction of sp³-hybridized carbons (Fsp3) is 0.357. The van der Waals surface area contributed by atoms with E-state index in [9.17, 15) is 9.18 Å². The summed E-state index contributed by atoms with van der Waals surface area (Å²) in [6, 6.07) is 2.73. The Kier molecular flexibility index (Phi) is 3.55. The van der Waals surface area contributed by atoms with Crippen LogP contribution < -0.4 is 5.32 Å². The van der Waals surface area contributed by atoms with Crippen molar-refractivity contribution in [2.24, 2.45) is 0 Å². The van der Waals surface area contributed by atoms with Crippen LogP contribution in [-0.4, -0.2) is 28.1 Å². The minimum Gasteiger partial charge on any atom is -0.361 e. The van der Waals surface area contributed by atoms with Crippen LogP contribution in [0.2, 0.25) is 0 Å². The maximum absolute atomic E-state index is 13.0. The van der Waals surface area contributed by atoms with E-state index in [1.54, 1.807) is 7.05 Å². The number of urea groups is 1. The summed E-state index contributed by atoms with van der Waals surface area (Å²) in [5.41, 5.74) is 1.01. The van der Waals surface area contributed by atoms with E-state index in [1.165, 1.54) is 17.2 Å². The van der Waals surface area contributed by atoms with Gasteiger partial charge in [-0.1, -0.05) is 5.16 Å². The molecule has 1 fully saturated rings. The first kappa shape index (κ1) is 13.5. The van der Waals surface area contributed by atoms with Crippen molar-refractivity contribution in [3.8, 4) is 0 Å². The molecule has 0 unspecified atom stereocenters. The van der Waals surface area contributed by atoms with Gasteiger partial charge in [0.25, 0.3) is 0 Å². The Labute approximate surface area is 120 Å². The number of hydrogen-bond acceptors (Lipinski definition) is 4. The molecule has 0 radical (unpaired) electrons. The maximum Gasteiger partial charge on any atom is 0.321 e. The highest BCUT2D eigenvalue weighted by atomic mass is 19.1. The molecular weight excluding hydrogens is 275 g/mol. The number of carbonyl (C=O) groups is 1. The molecule has 1 aliphatic carbocycles. The zero-order chi connectivity index (χ0) is 14.8. The minimum atomic E-state index is -0.499. The molecule has 1 saturated carbocycles. The number of pyridine rings is 1. The van der Waals surface area contributed by atoms with E-state index in [2.05, 4.69) is 15.5 Å². The number of rotatable bonds is 4. The summed E-state index contributed by atoms with van der Waals surface area (Å²) in [6.45, 7) is 0.324. The van der Waals surface area contributed by atoms with E-state index >= 15 is 0 Å². The molecule has 0 aliphatic heterocycles. The van der Waals surface area contributed by atoms with Crippen molar-refractivity contribution in [3.05, 3.63) is 41.8 Å². The van der Waals surface area contributed by atoms with E-state index in [0.29, 0.717) is 23.8 Å². The Morgan fingerprint density at radius 1 is 1.48 bits per heavy atom. The van der Waals surface area contributed by atoms with Gasteiger partial charge in [0.15, 0.2) is 0 Å². The Morgan fingerprint density at radius 3 is 3.00 bits per heavy atom. The molecular formula is C14H15FN4O2. The number of aromatic nitrogens is 2. The number of halogens is 1. The third-order valence-electron chi connectivity index (χ3n) is 3.26. The molecule has 1 aliphatic rings. The van der Waals surface area contributed by atoms with Crippen LogP contribution in [-0.2, 0) is 6.54 Å². The van der Waals surface area contributed by atoms with Crippen LogP contribution in [0.25, 0.3) is 0 Å². The van der Waals surface area contributed by atoms with Crippen molar-refractivity contribution in [3.63, 3.8) is 0 Å². The molecule has 6 nitrogen and oxygen atoms in total. The molecule has 0 spiro atoms. The van der Waals surface area contributed by atoms with Crippen molar-refractivity contribution in [1.82, 2.24) is 15.0 Å². The molecule has 21 heavy (non-hydrogen) atoms. The van der Waals surface area contributed by atoms with Crippen molar-refractivity contribution in [1.29, 1.82) is 0 Å². The lowest BCUT2D eigenvalue weighted by Gasteiger charge is -2.16. The van der Waals surface area contributed by atoms with E-state index in [0.717, 1.165) is 24.8 Å². The molecule has 0 bridgehead atoms. The third-order valence-corrected chi connectivity index (χ3v) is 3.26. The second kappa shape index (κ2) is 5.51. The highest BCUT2D eigenvalue weighted by molar-refractivity contribution is 5.88. The van der Waals surface area contributed by atoms with Gasteiger partial charge in [-0.25, -0.2) is 9.18 Å². The fourth-order valence-electron chi connectivity index (χ4n) is 1.98. The van der Waals surface area contributed by atoms with Gasteiger partial charge < -0.3 is 14.7 Å². The maximum atomic E-state index is 13.0. The first-order valence-corrected chi connectivity index (χ1v) is 6.70. The lowest BCUT2D eigenvalue weighted by molar-refractivity contribution is 0.219. The predicted molar refractivity (Wildman–Crippen MR) is 73.2 cm³/mol. The van der Waals surface area contributed by atoms with Crippen molar-refractivity contribution >= 4 is 11.7 Å². The van der Waals surface area contributed by atoms with Gasteiger partial charge >= 0.3 is 6.03 Å². The normalized spacial score (nSPS) is 14.0. The van der Waals surface area contributed by atoms with E-state index in [-0.39, 0.29) is 6.03 Å². The van der Waals surface area contributed by atoms with Gasteiger partial charge in [0.2, 0.25) is 0 Å². The first-order chi connectivity index (χ1) is 10.1. The lowest BCUT2D eigenvalue weighted by Crippen LogP contribution is -2.31. The standard InChI is InChI=1S/C14H15FN4O2/c1-19(8-12-5-13(21-18-12)9-2-3-9)14(20)17-11-4-10(15)6-16-7-11/h4-7,9H,2-3,8H2,1H3,(H,17,20). The summed E-state index contributed by atoms with van der Waals surface area (Å²) >= 11 is 0. The smallest absolute Gasteiger partial charge is 0.321 e. The number of nitrogens with one attached hydrogen (secondary N) is 1. The molecule has 2 amide bonds. The van der Waals surface area contributed by atoms with Crippen LogP contribution in [0.3, 0.4) is 0 Å². The van der Waals surface area contributed by atoms with E-state index in [4.69, 9.17) is 4.52 Å². The highest BCUT2D eigenvalue weighted by Crippen LogP contribution is 2.40. The number of nitrogens with zero attached hydrogens (tertiary/aromatic N) is 3. The number of amides is 2. The second-order valence-corrected chi connectivity index (χ2v) is 5.17. The molecule has 2 heterocycles. The quantitative estimate of drug-likeness (QED) is 0.939. The predicted octanol–water partition coefficient (Wildman–Crippen LogP) is 2.75. The number of carbonyl (C=O) groups excluding carboxylic acids is 1. The van der Waals surface area contributed by atoms with Gasteiger partial charge in [-0.15, -0.1) is 0 Å². The minimum absolute atomic E-state index is 0.311. The molecule has 1 N–H and O–H groups in total. The third kappa shape index (κ3) is 3.36. The monoisotopic (exact) mass is 290 g/mol. The SMILES string of the molecule is CN(Cc1cc(C2CC2)on1)C(=O)Nc1cncc(F)c1. The molecule has 2 aromatic heterocycles.